The molecule has 2 aromatic carbocycles. The van der Waals surface area contributed by atoms with E-state index in [-0.39, 0.29) is 28.4 Å². The van der Waals surface area contributed by atoms with Gasteiger partial charge in [0.05, 0.1) is 11.5 Å². The summed E-state index contributed by atoms with van der Waals surface area (Å²) in [6.45, 7) is 3.85. The molecule has 3 aromatic rings. The first-order valence-corrected chi connectivity index (χ1v) is 10.2. The second kappa shape index (κ2) is 9.06. The zero-order chi connectivity index (χ0) is 21.8. The second-order valence-corrected chi connectivity index (χ2v) is 7.60. The molecule has 0 saturated carbocycles. The molecule has 0 radical (unpaired) electrons. The van der Waals surface area contributed by atoms with Crippen LogP contribution in [0.5, 0.6) is 0 Å². The molecule has 0 fully saturated rings. The quantitative estimate of drug-likeness (QED) is 0.298. The van der Waals surface area contributed by atoms with Gasteiger partial charge in [0.2, 0.25) is 0 Å². The molecule has 154 valence electrons. The Morgan fingerprint density at radius 1 is 1.20 bits per heavy atom. The second-order valence-electron chi connectivity index (χ2n) is 6.32. The van der Waals surface area contributed by atoms with E-state index in [0.717, 1.165) is 17.2 Å². The molecule has 0 aliphatic carbocycles. The van der Waals surface area contributed by atoms with Gasteiger partial charge in [0.15, 0.2) is 0 Å². The summed E-state index contributed by atoms with van der Waals surface area (Å²) in [7, 11) is 0. The summed E-state index contributed by atoms with van der Waals surface area (Å²) in [6, 6.07) is 11.3. The van der Waals surface area contributed by atoms with Crippen LogP contribution in [0.2, 0.25) is 5.02 Å². The van der Waals surface area contributed by atoms with E-state index in [1.807, 2.05) is 31.2 Å². The number of carbonyl (C=O) groups is 2. The average Bonchev–Trinajstić information content (AvgIpc) is 3.11. The van der Waals surface area contributed by atoms with E-state index >= 15 is 0 Å². The van der Waals surface area contributed by atoms with Gasteiger partial charge in [0.1, 0.15) is 15.6 Å². The number of rotatable bonds is 6. The number of carbonyl (C=O) groups excluding carboxylic acids is 2. The summed E-state index contributed by atoms with van der Waals surface area (Å²) in [5.74, 6) is -1.10. The number of aryl methyl sites for hydroxylation is 1. The zero-order valence-electron chi connectivity index (χ0n) is 16.1. The van der Waals surface area contributed by atoms with Crippen molar-refractivity contribution in [2.45, 2.75) is 13.8 Å². The summed E-state index contributed by atoms with van der Waals surface area (Å²) in [5, 5.41) is 15.5. The molecular formula is C21H17ClN2O5S. The van der Waals surface area contributed by atoms with Crippen LogP contribution < -0.4 is 5.32 Å². The summed E-state index contributed by atoms with van der Waals surface area (Å²) < 4.78 is 5.18. The topological polar surface area (TPSA) is 98.5 Å². The molecule has 30 heavy (non-hydrogen) atoms. The van der Waals surface area contributed by atoms with E-state index in [0.29, 0.717) is 10.6 Å². The number of nitro benzene ring substituents is 1. The van der Waals surface area contributed by atoms with Gasteiger partial charge < -0.3 is 10.1 Å². The van der Waals surface area contributed by atoms with Crippen molar-refractivity contribution in [1.82, 2.24) is 0 Å². The number of hydrogen-bond donors (Lipinski definition) is 1. The van der Waals surface area contributed by atoms with Crippen LogP contribution in [0, 0.1) is 17.0 Å². The Bertz CT molecular complexity index is 1120. The van der Waals surface area contributed by atoms with Crippen molar-refractivity contribution in [1.29, 1.82) is 0 Å². The van der Waals surface area contributed by atoms with Crippen LogP contribution in [0.3, 0.4) is 0 Å². The van der Waals surface area contributed by atoms with Crippen molar-refractivity contribution in [2.24, 2.45) is 0 Å². The highest BCUT2D eigenvalue weighted by atomic mass is 35.5. The minimum Gasteiger partial charge on any atom is -0.462 e. The van der Waals surface area contributed by atoms with E-state index in [2.05, 4.69) is 5.32 Å². The SMILES string of the molecule is CCOC(=O)c1c(-c2ccc(C)cc2)csc1NC(=O)c1ccc([N+](=O)[O-])c(Cl)c1. The maximum atomic E-state index is 12.7. The molecule has 3 rings (SSSR count). The number of nitro groups is 1. The monoisotopic (exact) mass is 444 g/mol. The number of hydrogen-bond acceptors (Lipinski definition) is 6. The zero-order valence-corrected chi connectivity index (χ0v) is 17.7. The van der Waals surface area contributed by atoms with E-state index in [1.54, 1.807) is 12.3 Å². The first-order valence-electron chi connectivity index (χ1n) is 8.92. The van der Waals surface area contributed by atoms with Crippen molar-refractivity contribution in [3.8, 4) is 11.1 Å². The van der Waals surface area contributed by atoms with Crippen molar-refractivity contribution >= 4 is 45.5 Å². The van der Waals surface area contributed by atoms with Crippen LogP contribution in [0.25, 0.3) is 11.1 Å². The minimum atomic E-state index is -0.629. The molecule has 1 aromatic heterocycles. The minimum absolute atomic E-state index is 0.130. The standard InChI is InChI=1S/C21H17ClN2O5S/c1-3-29-21(26)18-15(13-6-4-12(2)5-7-13)11-30-20(18)23-19(25)14-8-9-17(24(27)28)16(22)10-14/h4-11H,3H2,1-2H3,(H,23,25). The first kappa shape index (κ1) is 21.5. The Labute approximate surface area is 181 Å². The van der Waals surface area contributed by atoms with Gasteiger partial charge in [-0.1, -0.05) is 41.4 Å². The van der Waals surface area contributed by atoms with Gasteiger partial charge in [-0.25, -0.2) is 4.79 Å². The fourth-order valence-corrected chi connectivity index (χ4v) is 3.97. The summed E-state index contributed by atoms with van der Waals surface area (Å²) in [6.07, 6.45) is 0. The summed E-state index contributed by atoms with van der Waals surface area (Å²) >= 11 is 7.09. The number of ether oxygens (including phenoxy) is 1. The lowest BCUT2D eigenvalue weighted by Gasteiger charge is -2.09. The highest BCUT2D eigenvalue weighted by Gasteiger charge is 2.24. The highest BCUT2D eigenvalue weighted by molar-refractivity contribution is 7.15. The number of benzene rings is 2. The Balaban J connectivity index is 1.96. The predicted molar refractivity (Wildman–Crippen MR) is 117 cm³/mol. The molecule has 7 nitrogen and oxygen atoms in total. The van der Waals surface area contributed by atoms with Gasteiger partial charge in [-0.05, 0) is 31.5 Å². The Kier molecular flexibility index (Phi) is 6.49. The maximum Gasteiger partial charge on any atom is 0.341 e. The van der Waals surface area contributed by atoms with Gasteiger partial charge in [0.25, 0.3) is 11.6 Å². The molecule has 0 spiro atoms. The normalized spacial score (nSPS) is 10.5. The third-order valence-electron chi connectivity index (χ3n) is 4.27. The van der Waals surface area contributed by atoms with Gasteiger partial charge in [-0.3, -0.25) is 14.9 Å². The Hall–Kier alpha value is -3.23. The highest BCUT2D eigenvalue weighted by Crippen LogP contribution is 2.37. The van der Waals surface area contributed by atoms with E-state index < -0.39 is 16.8 Å². The van der Waals surface area contributed by atoms with Crippen LogP contribution in [0.15, 0.2) is 47.8 Å². The number of thiophene rings is 1. The van der Waals surface area contributed by atoms with Crippen molar-refractivity contribution in [3.63, 3.8) is 0 Å². The molecule has 1 heterocycles. The van der Waals surface area contributed by atoms with Crippen LogP contribution in [0.4, 0.5) is 10.7 Å². The van der Waals surface area contributed by atoms with E-state index in [1.165, 1.54) is 23.5 Å². The van der Waals surface area contributed by atoms with E-state index in [4.69, 9.17) is 16.3 Å². The molecule has 9 heteroatoms. The molecule has 1 N–H and O–H groups in total. The third-order valence-corrected chi connectivity index (χ3v) is 5.46. The number of anilines is 1. The number of halogens is 1. The van der Waals surface area contributed by atoms with Gasteiger partial charge >= 0.3 is 5.97 Å². The Morgan fingerprint density at radius 3 is 2.50 bits per heavy atom. The van der Waals surface area contributed by atoms with Crippen molar-refractivity contribution in [2.75, 3.05) is 11.9 Å². The van der Waals surface area contributed by atoms with Crippen LogP contribution in [-0.2, 0) is 4.74 Å². The van der Waals surface area contributed by atoms with Crippen molar-refractivity contribution in [3.05, 3.63) is 79.7 Å². The van der Waals surface area contributed by atoms with Gasteiger partial charge in [-0.2, -0.15) is 0 Å². The van der Waals surface area contributed by atoms with Crippen LogP contribution >= 0.6 is 22.9 Å². The van der Waals surface area contributed by atoms with Gasteiger partial charge in [0, 0.05) is 22.6 Å². The number of amides is 1. The largest absolute Gasteiger partial charge is 0.462 e. The third kappa shape index (κ3) is 4.50. The smallest absolute Gasteiger partial charge is 0.341 e. The summed E-state index contributed by atoms with van der Waals surface area (Å²) in [4.78, 5) is 35.6. The first-order chi connectivity index (χ1) is 14.3. The lowest BCUT2D eigenvalue weighted by atomic mass is 10.0. The van der Waals surface area contributed by atoms with E-state index in [9.17, 15) is 19.7 Å². The molecular weight excluding hydrogens is 428 g/mol. The predicted octanol–water partition coefficient (Wildman–Crippen LogP) is 5.71. The molecule has 0 bridgehead atoms. The molecule has 0 atom stereocenters. The molecule has 0 aliphatic heterocycles. The average molecular weight is 445 g/mol. The number of nitrogens with one attached hydrogen (secondary N) is 1. The summed E-state index contributed by atoms with van der Waals surface area (Å²) in [5.41, 5.74) is 2.64. The maximum absolute atomic E-state index is 12.7. The molecule has 0 unspecified atom stereocenters. The van der Waals surface area contributed by atoms with Gasteiger partial charge in [-0.15, -0.1) is 11.3 Å². The molecule has 0 saturated heterocycles. The lowest BCUT2D eigenvalue weighted by Crippen LogP contribution is -2.15. The van der Waals surface area contributed by atoms with Crippen LogP contribution in [0.1, 0.15) is 33.2 Å². The van der Waals surface area contributed by atoms with Crippen LogP contribution in [-0.4, -0.2) is 23.4 Å². The lowest BCUT2D eigenvalue weighted by molar-refractivity contribution is -0.384. The fraction of sp³-hybridized carbons (Fsp3) is 0.143. The molecule has 0 aliphatic rings. The fourth-order valence-electron chi connectivity index (χ4n) is 2.77. The number of esters is 1. The Morgan fingerprint density at radius 2 is 1.90 bits per heavy atom. The number of nitrogens with zero attached hydrogens (tertiary/aromatic N) is 1. The molecule has 1 amide bonds. The van der Waals surface area contributed by atoms with Crippen molar-refractivity contribution < 1.29 is 19.2 Å².